The van der Waals surface area contributed by atoms with Crippen LogP contribution in [0.25, 0.3) is 10.2 Å². The van der Waals surface area contributed by atoms with Crippen LogP contribution in [-0.2, 0) is 28.9 Å². The van der Waals surface area contributed by atoms with Crippen LogP contribution in [0.2, 0.25) is 0 Å². The van der Waals surface area contributed by atoms with E-state index in [0.717, 1.165) is 41.6 Å². The average molecular weight is 460 g/mol. The standard InChI is InChI=1S/C22H25N3O4S2/c1-28-12-11-25-21(27)19-16-5-3-4-6-17(16)31-20(19)24-22(25)30-13-18(26)23-14-7-9-15(29-2)10-8-14/h7-10H,3-6,11-13H2,1-2H3,(H,23,26). The van der Waals surface area contributed by atoms with Crippen molar-refractivity contribution in [3.05, 3.63) is 45.1 Å². The van der Waals surface area contributed by atoms with Gasteiger partial charge in [0.05, 0.1) is 31.4 Å². The van der Waals surface area contributed by atoms with E-state index in [4.69, 9.17) is 14.5 Å². The lowest BCUT2D eigenvalue weighted by Crippen LogP contribution is -2.26. The second kappa shape index (κ2) is 9.84. The minimum atomic E-state index is -0.159. The minimum absolute atomic E-state index is 0.0282. The molecule has 0 unspecified atom stereocenters. The van der Waals surface area contributed by atoms with Gasteiger partial charge in [-0.25, -0.2) is 4.98 Å². The highest BCUT2D eigenvalue weighted by Gasteiger charge is 2.22. The van der Waals surface area contributed by atoms with Gasteiger partial charge in [-0.2, -0.15) is 0 Å². The summed E-state index contributed by atoms with van der Waals surface area (Å²) in [6.45, 7) is 0.816. The third-order valence-corrected chi connectivity index (χ3v) is 7.43. The van der Waals surface area contributed by atoms with Gasteiger partial charge < -0.3 is 14.8 Å². The number of nitrogens with one attached hydrogen (secondary N) is 1. The number of benzene rings is 1. The number of fused-ring (bicyclic) bond motifs is 3. The highest BCUT2D eigenvalue weighted by molar-refractivity contribution is 7.99. The van der Waals surface area contributed by atoms with Gasteiger partial charge in [0.2, 0.25) is 5.91 Å². The van der Waals surface area contributed by atoms with Gasteiger partial charge in [-0.3, -0.25) is 14.2 Å². The molecule has 2 aromatic heterocycles. The number of aromatic nitrogens is 2. The van der Waals surface area contributed by atoms with Crippen molar-refractivity contribution in [1.82, 2.24) is 9.55 Å². The summed E-state index contributed by atoms with van der Waals surface area (Å²) in [6, 6.07) is 7.16. The number of thiophene rings is 1. The first-order chi connectivity index (χ1) is 15.1. The Morgan fingerprint density at radius 1 is 1.23 bits per heavy atom. The highest BCUT2D eigenvalue weighted by Crippen LogP contribution is 2.34. The predicted octanol–water partition coefficient (Wildman–Crippen LogP) is 3.72. The fraction of sp³-hybridized carbons (Fsp3) is 0.409. The normalized spacial score (nSPS) is 13.2. The molecular weight excluding hydrogens is 434 g/mol. The van der Waals surface area contributed by atoms with Crippen LogP contribution in [0.5, 0.6) is 5.75 Å². The summed E-state index contributed by atoms with van der Waals surface area (Å²) in [4.78, 5) is 32.7. The zero-order chi connectivity index (χ0) is 21.8. The van der Waals surface area contributed by atoms with Crippen LogP contribution in [-0.4, -0.2) is 42.0 Å². The molecule has 9 heteroatoms. The molecule has 4 rings (SSSR count). The molecule has 7 nitrogen and oxygen atoms in total. The van der Waals surface area contributed by atoms with Gasteiger partial charge in [0.1, 0.15) is 10.6 Å². The van der Waals surface area contributed by atoms with Crippen LogP contribution in [0.3, 0.4) is 0 Å². The number of methoxy groups -OCH3 is 2. The van der Waals surface area contributed by atoms with Crippen molar-refractivity contribution >= 4 is 44.9 Å². The SMILES string of the molecule is COCCn1c(SCC(=O)Nc2ccc(OC)cc2)nc2sc3c(c2c1=O)CCCC3. The van der Waals surface area contributed by atoms with Gasteiger partial charge in [0.15, 0.2) is 5.16 Å². The maximum Gasteiger partial charge on any atom is 0.263 e. The second-order valence-electron chi connectivity index (χ2n) is 7.30. The smallest absolute Gasteiger partial charge is 0.263 e. The van der Waals surface area contributed by atoms with E-state index in [1.807, 2.05) is 0 Å². The molecule has 0 bridgehead atoms. The van der Waals surface area contributed by atoms with Gasteiger partial charge in [0, 0.05) is 17.7 Å². The molecular formula is C22H25N3O4S2. The molecule has 164 valence electrons. The number of aryl methyl sites for hydroxylation is 2. The third kappa shape index (κ3) is 4.78. The van der Waals surface area contributed by atoms with Crippen molar-refractivity contribution in [2.75, 3.05) is 31.9 Å². The quantitative estimate of drug-likeness (QED) is 0.408. The van der Waals surface area contributed by atoms with Gasteiger partial charge in [-0.05, 0) is 55.5 Å². The number of carbonyl (C=O) groups is 1. The van der Waals surface area contributed by atoms with Crippen molar-refractivity contribution in [1.29, 1.82) is 0 Å². The first-order valence-electron chi connectivity index (χ1n) is 10.2. The van der Waals surface area contributed by atoms with Crippen LogP contribution in [0, 0.1) is 0 Å². The largest absolute Gasteiger partial charge is 0.497 e. The average Bonchev–Trinajstić information content (AvgIpc) is 3.16. The molecule has 2 heterocycles. The number of thioether (sulfide) groups is 1. The lowest BCUT2D eigenvalue weighted by Gasteiger charge is -2.13. The Bertz CT molecular complexity index is 1140. The molecule has 0 fully saturated rings. The molecule has 0 saturated heterocycles. The number of ether oxygens (including phenoxy) is 2. The van der Waals surface area contributed by atoms with E-state index in [1.165, 1.54) is 22.2 Å². The zero-order valence-corrected chi connectivity index (χ0v) is 19.2. The Hall–Kier alpha value is -2.36. The number of hydrogen-bond donors (Lipinski definition) is 1. The van der Waals surface area contributed by atoms with Crippen molar-refractivity contribution in [3.63, 3.8) is 0 Å². The van der Waals surface area contributed by atoms with Crippen molar-refractivity contribution in [2.24, 2.45) is 0 Å². The maximum absolute atomic E-state index is 13.3. The lowest BCUT2D eigenvalue weighted by molar-refractivity contribution is -0.113. The number of nitrogens with zero attached hydrogens (tertiary/aromatic N) is 2. The van der Waals surface area contributed by atoms with E-state index in [9.17, 15) is 9.59 Å². The number of rotatable bonds is 8. The maximum atomic E-state index is 13.3. The molecule has 0 spiro atoms. The van der Waals surface area contributed by atoms with Crippen LogP contribution in [0.15, 0.2) is 34.2 Å². The van der Waals surface area contributed by atoms with Gasteiger partial charge in [-0.15, -0.1) is 11.3 Å². The van der Waals surface area contributed by atoms with Crippen LogP contribution >= 0.6 is 23.1 Å². The molecule has 3 aromatic rings. The Morgan fingerprint density at radius 2 is 2.00 bits per heavy atom. The first-order valence-corrected chi connectivity index (χ1v) is 12.0. The van der Waals surface area contributed by atoms with E-state index < -0.39 is 0 Å². The summed E-state index contributed by atoms with van der Waals surface area (Å²) in [6.07, 6.45) is 4.22. The second-order valence-corrected chi connectivity index (χ2v) is 9.33. The number of carbonyl (C=O) groups excluding carboxylic acids is 1. The fourth-order valence-electron chi connectivity index (χ4n) is 3.71. The molecule has 1 N–H and O–H groups in total. The molecule has 0 aliphatic heterocycles. The van der Waals surface area contributed by atoms with Crippen LogP contribution in [0.1, 0.15) is 23.3 Å². The molecule has 1 aliphatic rings. The lowest BCUT2D eigenvalue weighted by atomic mass is 9.97. The summed E-state index contributed by atoms with van der Waals surface area (Å²) < 4.78 is 12.0. The zero-order valence-electron chi connectivity index (χ0n) is 17.6. The molecule has 0 atom stereocenters. The van der Waals surface area contributed by atoms with Crippen LogP contribution in [0.4, 0.5) is 5.69 Å². The Labute approximate surface area is 188 Å². The Balaban J connectivity index is 1.56. The summed E-state index contributed by atoms with van der Waals surface area (Å²) in [5, 5.41) is 4.17. The van der Waals surface area contributed by atoms with Crippen molar-refractivity contribution in [2.45, 2.75) is 37.4 Å². The Morgan fingerprint density at radius 3 is 2.74 bits per heavy atom. The van der Waals surface area contributed by atoms with E-state index in [2.05, 4.69) is 5.32 Å². The molecule has 31 heavy (non-hydrogen) atoms. The van der Waals surface area contributed by atoms with Gasteiger partial charge in [0.25, 0.3) is 5.56 Å². The first kappa shape index (κ1) is 21.9. The monoisotopic (exact) mass is 459 g/mol. The van der Waals surface area contributed by atoms with E-state index >= 15 is 0 Å². The molecule has 1 aliphatic carbocycles. The summed E-state index contributed by atoms with van der Waals surface area (Å²) in [7, 11) is 3.21. The van der Waals surface area contributed by atoms with Gasteiger partial charge >= 0.3 is 0 Å². The highest BCUT2D eigenvalue weighted by atomic mass is 32.2. The number of anilines is 1. The molecule has 1 aromatic carbocycles. The molecule has 0 saturated carbocycles. The summed E-state index contributed by atoms with van der Waals surface area (Å²) in [5.74, 6) is 0.723. The summed E-state index contributed by atoms with van der Waals surface area (Å²) >= 11 is 2.89. The third-order valence-electron chi connectivity index (χ3n) is 5.26. The van der Waals surface area contributed by atoms with Crippen molar-refractivity contribution in [3.8, 4) is 5.75 Å². The topological polar surface area (TPSA) is 82.4 Å². The Kier molecular flexibility index (Phi) is 6.94. The number of hydrogen-bond acceptors (Lipinski definition) is 7. The minimum Gasteiger partial charge on any atom is -0.497 e. The number of amides is 1. The van der Waals surface area contributed by atoms with Gasteiger partial charge in [-0.1, -0.05) is 11.8 Å². The molecule has 1 amide bonds. The molecule has 0 radical (unpaired) electrons. The summed E-state index contributed by atoms with van der Waals surface area (Å²) in [5.41, 5.74) is 1.83. The predicted molar refractivity (Wildman–Crippen MR) is 125 cm³/mol. The van der Waals surface area contributed by atoms with E-state index in [0.29, 0.717) is 24.0 Å². The van der Waals surface area contributed by atoms with E-state index in [-0.39, 0.29) is 17.2 Å². The van der Waals surface area contributed by atoms with Crippen LogP contribution < -0.4 is 15.6 Å². The van der Waals surface area contributed by atoms with Crippen molar-refractivity contribution < 1.29 is 14.3 Å². The van der Waals surface area contributed by atoms with E-state index in [1.54, 1.807) is 54.4 Å². The fourth-order valence-corrected chi connectivity index (χ4v) is 5.84.